The zero-order valence-corrected chi connectivity index (χ0v) is 14.4. The molecule has 0 aliphatic rings. The lowest BCUT2D eigenvalue weighted by molar-refractivity contribution is 0.0640. The molecule has 0 aromatic heterocycles. The number of carbonyl (C=O) groups is 4. The molecule has 2 aromatic carbocycles. The van der Waals surface area contributed by atoms with Gasteiger partial charge in [0.1, 0.15) is 33.9 Å². The van der Waals surface area contributed by atoms with Crippen LogP contribution in [-0.2, 0) is 6.42 Å². The minimum Gasteiger partial charge on any atom is -0.478 e. The second-order valence-corrected chi connectivity index (χ2v) is 5.74. The van der Waals surface area contributed by atoms with E-state index in [-0.39, 0.29) is 0 Å². The molecule has 14 heteroatoms. The number of carboxylic acids is 4. The number of halogens is 6. The number of aromatic carboxylic acids is 4. The predicted molar refractivity (Wildman–Crippen MR) is 83.3 cm³/mol. The maximum absolute atomic E-state index is 14.5. The standard InChI is InChI=1S/C17H6F6O8/c18-8-2(10(20)12(22)6(16(28)29)4(8)14(24)25)1-3-9(19)5(15(26)27)7(17(30)31)13(23)11(3)21/h1H2,(H,24,25)(H,26,27)(H,28,29)(H,30,31). The molecule has 0 saturated heterocycles. The molecular formula is C17H6F6O8. The lowest BCUT2D eigenvalue weighted by Crippen LogP contribution is -2.20. The zero-order valence-electron chi connectivity index (χ0n) is 14.4. The molecule has 8 nitrogen and oxygen atoms in total. The van der Waals surface area contributed by atoms with Crippen LogP contribution in [0.15, 0.2) is 0 Å². The summed E-state index contributed by atoms with van der Waals surface area (Å²) in [5, 5.41) is 35.5. The summed E-state index contributed by atoms with van der Waals surface area (Å²) in [7, 11) is 0. The van der Waals surface area contributed by atoms with Crippen LogP contribution in [0.1, 0.15) is 52.6 Å². The lowest BCUT2D eigenvalue weighted by Gasteiger charge is -2.15. The highest BCUT2D eigenvalue weighted by Gasteiger charge is 2.36. The highest BCUT2D eigenvalue weighted by Crippen LogP contribution is 2.32. The van der Waals surface area contributed by atoms with E-state index in [4.69, 9.17) is 20.4 Å². The van der Waals surface area contributed by atoms with Crippen LogP contribution in [0.25, 0.3) is 0 Å². The van der Waals surface area contributed by atoms with Crippen LogP contribution in [0.2, 0.25) is 0 Å². The molecule has 0 radical (unpaired) electrons. The van der Waals surface area contributed by atoms with Crippen molar-refractivity contribution in [2.75, 3.05) is 0 Å². The van der Waals surface area contributed by atoms with E-state index >= 15 is 0 Å². The van der Waals surface area contributed by atoms with E-state index in [2.05, 4.69) is 0 Å². The minimum atomic E-state index is -2.43. The van der Waals surface area contributed by atoms with Gasteiger partial charge in [-0.25, -0.2) is 45.5 Å². The van der Waals surface area contributed by atoms with Gasteiger partial charge in [0.15, 0.2) is 23.3 Å². The Morgan fingerprint density at radius 1 is 0.452 bits per heavy atom. The molecule has 0 saturated carbocycles. The van der Waals surface area contributed by atoms with Crippen molar-refractivity contribution in [3.63, 3.8) is 0 Å². The summed E-state index contributed by atoms with van der Waals surface area (Å²) in [5.41, 5.74) is -11.3. The first-order valence-corrected chi connectivity index (χ1v) is 7.55. The summed E-state index contributed by atoms with van der Waals surface area (Å²) >= 11 is 0. The summed E-state index contributed by atoms with van der Waals surface area (Å²) in [5.74, 6) is -23.9. The highest BCUT2D eigenvalue weighted by atomic mass is 19.2. The van der Waals surface area contributed by atoms with Crippen molar-refractivity contribution in [1.29, 1.82) is 0 Å². The molecule has 0 unspecified atom stereocenters. The molecule has 0 amide bonds. The molecule has 0 atom stereocenters. The summed E-state index contributed by atoms with van der Waals surface area (Å²) in [6.07, 6.45) is -1.84. The van der Waals surface area contributed by atoms with Gasteiger partial charge in [0, 0.05) is 17.5 Å². The summed E-state index contributed by atoms with van der Waals surface area (Å²) < 4.78 is 85.6. The molecular weight excluding hydrogens is 446 g/mol. The van der Waals surface area contributed by atoms with Crippen LogP contribution in [0.4, 0.5) is 26.3 Å². The van der Waals surface area contributed by atoms with Crippen LogP contribution in [0.5, 0.6) is 0 Å². The quantitative estimate of drug-likeness (QED) is 0.386. The number of hydrogen-bond acceptors (Lipinski definition) is 4. The van der Waals surface area contributed by atoms with Crippen LogP contribution in [0, 0.1) is 34.9 Å². The molecule has 2 aromatic rings. The third-order valence-electron chi connectivity index (χ3n) is 4.03. The van der Waals surface area contributed by atoms with Crippen molar-refractivity contribution < 1.29 is 65.9 Å². The van der Waals surface area contributed by atoms with Crippen LogP contribution in [-0.4, -0.2) is 44.3 Å². The number of hydrogen-bond donors (Lipinski definition) is 4. The largest absolute Gasteiger partial charge is 0.478 e. The fourth-order valence-electron chi connectivity index (χ4n) is 2.71. The van der Waals surface area contributed by atoms with Crippen molar-refractivity contribution in [2.24, 2.45) is 0 Å². The summed E-state index contributed by atoms with van der Waals surface area (Å²) in [6.45, 7) is 0. The first kappa shape index (κ1) is 23.2. The molecule has 0 spiro atoms. The highest BCUT2D eigenvalue weighted by molar-refractivity contribution is 6.03. The van der Waals surface area contributed by atoms with Crippen molar-refractivity contribution in [3.05, 3.63) is 68.3 Å². The Morgan fingerprint density at radius 2 is 0.677 bits per heavy atom. The molecule has 4 N–H and O–H groups in total. The topological polar surface area (TPSA) is 149 Å². The van der Waals surface area contributed by atoms with Crippen molar-refractivity contribution in [1.82, 2.24) is 0 Å². The summed E-state index contributed by atoms with van der Waals surface area (Å²) in [6, 6.07) is 0. The van der Waals surface area contributed by atoms with Gasteiger partial charge in [-0.05, 0) is 0 Å². The molecule has 0 bridgehead atoms. The van der Waals surface area contributed by atoms with E-state index in [0.717, 1.165) is 0 Å². The van der Waals surface area contributed by atoms with E-state index in [9.17, 15) is 45.5 Å². The normalized spacial score (nSPS) is 10.8. The van der Waals surface area contributed by atoms with Gasteiger partial charge in [0.25, 0.3) is 0 Å². The maximum atomic E-state index is 14.5. The predicted octanol–water partition coefficient (Wildman–Crippen LogP) is 2.90. The van der Waals surface area contributed by atoms with E-state index in [1.807, 2.05) is 0 Å². The smallest absolute Gasteiger partial charge is 0.339 e. The van der Waals surface area contributed by atoms with Crippen molar-refractivity contribution in [2.45, 2.75) is 6.42 Å². The van der Waals surface area contributed by atoms with Crippen molar-refractivity contribution in [3.8, 4) is 0 Å². The monoisotopic (exact) mass is 452 g/mol. The van der Waals surface area contributed by atoms with Gasteiger partial charge < -0.3 is 20.4 Å². The van der Waals surface area contributed by atoms with Gasteiger partial charge in [-0.1, -0.05) is 0 Å². The Balaban J connectivity index is 2.93. The molecule has 164 valence electrons. The molecule has 0 heterocycles. The summed E-state index contributed by atoms with van der Waals surface area (Å²) in [4.78, 5) is 44.2. The minimum absolute atomic E-state index is 1.78. The third-order valence-corrected chi connectivity index (χ3v) is 4.03. The SMILES string of the molecule is O=C(O)c1c(F)c(F)c(Cc2c(F)c(F)c(C(=O)O)c(C(=O)O)c2F)c(F)c1C(=O)O. The van der Waals surface area contributed by atoms with E-state index in [0.29, 0.717) is 0 Å². The van der Waals surface area contributed by atoms with E-state index in [1.54, 1.807) is 0 Å². The Hall–Kier alpha value is -4.10. The average Bonchev–Trinajstić information content (AvgIpc) is 2.65. The molecule has 2 rings (SSSR count). The number of carboxylic acid groups (broad SMARTS) is 4. The third kappa shape index (κ3) is 3.62. The van der Waals surface area contributed by atoms with Gasteiger partial charge in [-0.3, -0.25) is 0 Å². The van der Waals surface area contributed by atoms with Crippen LogP contribution < -0.4 is 0 Å². The van der Waals surface area contributed by atoms with Gasteiger partial charge in [-0.2, -0.15) is 0 Å². The fourth-order valence-corrected chi connectivity index (χ4v) is 2.71. The number of benzene rings is 2. The Labute approximate surface area is 165 Å². The average molecular weight is 452 g/mol. The molecule has 0 fully saturated rings. The maximum Gasteiger partial charge on any atom is 0.339 e. The van der Waals surface area contributed by atoms with E-state index < -0.39 is 98.6 Å². The Morgan fingerprint density at radius 3 is 0.903 bits per heavy atom. The van der Waals surface area contributed by atoms with Crippen molar-refractivity contribution >= 4 is 23.9 Å². The lowest BCUT2D eigenvalue weighted by atomic mass is 9.93. The zero-order chi connectivity index (χ0) is 23.9. The van der Waals surface area contributed by atoms with Gasteiger partial charge in [-0.15, -0.1) is 0 Å². The molecule has 0 aliphatic carbocycles. The second-order valence-electron chi connectivity index (χ2n) is 5.74. The fraction of sp³-hybridized carbons (Fsp3) is 0.0588. The first-order valence-electron chi connectivity index (χ1n) is 7.55. The first-order chi connectivity index (χ1) is 14.2. The molecule has 0 aliphatic heterocycles. The Bertz CT molecular complexity index is 1100. The van der Waals surface area contributed by atoms with E-state index in [1.165, 1.54) is 0 Å². The Kier molecular flexibility index (Phi) is 5.96. The van der Waals surface area contributed by atoms with Gasteiger partial charge in [0.2, 0.25) is 0 Å². The number of rotatable bonds is 6. The van der Waals surface area contributed by atoms with Gasteiger partial charge in [0.05, 0.1) is 0 Å². The second kappa shape index (κ2) is 7.97. The van der Waals surface area contributed by atoms with Gasteiger partial charge >= 0.3 is 23.9 Å². The van der Waals surface area contributed by atoms with Crippen LogP contribution >= 0.6 is 0 Å². The van der Waals surface area contributed by atoms with Crippen LogP contribution in [0.3, 0.4) is 0 Å². The molecule has 31 heavy (non-hydrogen) atoms.